The number of benzene rings is 1. The second-order valence-electron chi connectivity index (χ2n) is 4.73. The Balaban J connectivity index is 2.59. The van der Waals surface area contributed by atoms with Crippen LogP contribution in [-0.4, -0.2) is 25.0 Å². The number of hydrogen-bond donors (Lipinski definition) is 2. The number of carbonyl (C=O) groups is 2. The first-order valence-electron chi connectivity index (χ1n) is 6.89. The summed E-state index contributed by atoms with van der Waals surface area (Å²) in [6.07, 6.45) is 0. The molecule has 0 aliphatic rings. The molecule has 0 spiro atoms. The number of nitrogens with one attached hydrogen (secondary N) is 2. The van der Waals surface area contributed by atoms with Crippen LogP contribution in [0.4, 0.5) is 5.69 Å². The standard InChI is InChI=1S/C16H22N2O3/c1-5-21-16(20)11(2)10-17-12(3)14-7-6-8-15(9-14)18-13(4)19/h6-9,12,17H,2,5,10H2,1,3-4H3,(H,18,19). The molecule has 0 aliphatic carbocycles. The molecule has 2 N–H and O–H groups in total. The van der Waals surface area contributed by atoms with Gasteiger partial charge in [-0.15, -0.1) is 0 Å². The molecule has 1 aromatic carbocycles. The lowest BCUT2D eigenvalue weighted by Gasteiger charge is -2.16. The summed E-state index contributed by atoms with van der Waals surface area (Å²) in [5, 5.41) is 5.95. The number of amides is 1. The molecule has 0 radical (unpaired) electrons. The summed E-state index contributed by atoms with van der Waals surface area (Å²) < 4.78 is 4.88. The number of ether oxygens (including phenoxy) is 1. The second kappa shape index (κ2) is 8.21. The SMILES string of the molecule is C=C(CNC(C)c1cccc(NC(C)=O)c1)C(=O)OCC. The number of anilines is 1. The van der Waals surface area contributed by atoms with E-state index >= 15 is 0 Å². The minimum atomic E-state index is -0.385. The fourth-order valence-electron chi connectivity index (χ4n) is 1.79. The van der Waals surface area contributed by atoms with Crippen molar-refractivity contribution in [2.45, 2.75) is 26.8 Å². The van der Waals surface area contributed by atoms with Crippen LogP contribution in [0.1, 0.15) is 32.4 Å². The highest BCUT2D eigenvalue weighted by atomic mass is 16.5. The summed E-state index contributed by atoms with van der Waals surface area (Å²) in [6.45, 7) is 9.60. The van der Waals surface area contributed by atoms with Gasteiger partial charge in [0.25, 0.3) is 0 Å². The van der Waals surface area contributed by atoms with E-state index in [0.29, 0.717) is 18.7 Å². The molecule has 1 rings (SSSR count). The molecule has 0 fully saturated rings. The quantitative estimate of drug-likeness (QED) is 0.598. The van der Waals surface area contributed by atoms with E-state index in [2.05, 4.69) is 17.2 Å². The van der Waals surface area contributed by atoms with Crippen molar-refractivity contribution >= 4 is 17.6 Å². The van der Waals surface area contributed by atoms with Crippen molar-refractivity contribution in [1.29, 1.82) is 0 Å². The van der Waals surface area contributed by atoms with Gasteiger partial charge in [-0.2, -0.15) is 0 Å². The van der Waals surface area contributed by atoms with Crippen LogP contribution in [0.25, 0.3) is 0 Å². The molecule has 1 atom stereocenters. The summed E-state index contributed by atoms with van der Waals surface area (Å²) in [5.74, 6) is -0.493. The fourth-order valence-corrected chi connectivity index (χ4v) is 1.79. The summed E-state index contributed by atoms with van der Waals surface area (Å²) in [4.78, 5) is 22.5. The predicted molar refractivity (Wildman–Crippen MR) is 82.9 cm³/mol. The Morgan fingerprint density at radius 3 is 2.71 bits per heavy atom. The maximum absolute atomic E-state index is 11.5. The Morgan fingerprint density at radius 2 is 2.10 bits per heavy atom. The number of carbonyl (C=O) groups excluding carboxylic acids is 2. The fraction of sp³-hybridized carbons (Fsp3) is 0.375. The van der Waals surface area contributed by atoms with Crippen molar-refractivity contribution in [3.63, 3.8) is 0 Å². The zero-order valence-electron chi connectivity index (χ0n) is 12.7. The van der Waals surface area contributed by atoms with Crippen LogP contribution >= 0.6 is 0 Å². The Bertz CT molecular complexity index is 526. The van der Waals surface area contributed by atoms with Gasteiger partial charge in [0.15, 0.2) is 0 Å². The average molecular weight is 290 g/mol. The lowest BCUT2D eigenvalue weighted by Crippen LogP contribution is -2.24. The molecule has 1 unspecified atom stereocenters. The maximum atomic E-state index is 11.5. The summed E-state index contributed by atoms with van der Waals surface area (Å²) in [7, 11) is 0. The highest BCUT2D eigenvalue weighted by Gasteiger charge is 2.11. The maximum Gasteiger partial charge on any atom is 0.334 e. The van der Waals surface area contributed by atoms with E-state index in [1.807, 2.05) is 31.2 Å². The predicted octanol–water partition coefficient (Wildman–Crippen LogP) is 2.41. The molecule has 0 saturated carbocycles. The van der Waals surface area contributed by atoms with Crippen LogP contribution in [-0.2, 0) is 14.3 Å². The minimum Gasteiger partial charge on any atom is -0.463 e. The first-order chi connectivity index (χ1) is 9.93. The summed E-state index contributed by atoms with van der Waals surface area (Å²) in [6, 6.07) is 7.57. The highest BCUT2D eigenvalue weighted by molar-refractivity contribution is 5.89. The minimum absolute atomic E-state index is 0.0184. The van der Waals surface area contributed by atoms with Gasteiger partial charge in [0.05, 0.1) is 6.61 Å². The topological polar surface area (TPSA) is 67.4 Å². The van der Waals surface area contributed by atoms with Gasteiger partial charge in [-0.05, 0) is 31.5 Å². The summed E-state index contributed by atoms with van der Waals surface area (Å²) >= 11 is 0. The van der Waals surface area contributed by atoms with Gasteiger partial charge in [0, 0.05) is 30.8 Å². The molecule has 1 amide bonds. The van der Waals surface area contributed by atoms with E-state index in [1.54, 1.807) is 6.92 Å². The van der Waals surface area contributed by atoms with E-state index in [4.69, 9.17) is 4.74 Å². The van der Waals surface area contributed by atoms with E-state index < -0.39 is 0 Å². The summed E-state index contributed by atoms with van der Waals surface area (Å²) in [5.41, 5.74) is 2.15. The molecule has 0 aromatic heterocycles. The number of rotatable bonds is 7. The van der Waals surface area contributed by atoms with Crippen LogP contribution in [0, 0.1) is 0 Å². The monoisotopic (exact) mass is 290 g/mol. The molecule has 21 heavy (non-hydrogen) atoms. The van der Waals surface area contributed by atoms with Gasteiger partial charge >= 0.3 is 5.97 Å². The van der Waals surface area contributed by atoms with Crippen molar-refractivity contribution in [3.05, 3.63) is 42.0 Å². The zero-order chi connectivity index (χ0) is 15.8. The van der Waals surface area contributed by atoms with Gasteiger partial charge in [-0.1, -0.05) is 18.7 Å². The molecule has 114 valence electrons. The van der Waals surface area contributed by atoms with Crippen LogP contribution in [0.2, 0.25) is 0 Å². The van der Waals surface area contributed by atoms with Crippen molar-refractivity contribution in [2.24, 2.45) is 0 Å². The Labute approximate surface area is 125 Å². The van der Waals surface area contributed by atoms with E-state index in [-0.39, 0.29) is 17.9 Å². The molecular formula is C16H22N2O3. The lowest BCUT2D eigenvalue weighted by atomic mass is 10.1. The van der Waals surface area contributed by atoms with Gasteiger partial charge < -0.3 is 15.4 Å². The Kier molecular flexibility index (Phi) is 6.62. The van der Waals surface area contributed by atoms with Crippen LogP contribution in [0.3, 0.4) is 0 Å². The molecule has 1 aromatic rings. The number of hydrogen-bond acceptors (Lipinski definition) is 4. The molecule has 0 heterocycles. The molecule has 5 nitrogen and oxygen atoms in total. The second-order valence-corrected chi connectivity index (χ2v) is 4.73. The van der Waals surface area contributed by atoms with Crippen molar-refractivity contribution in [2.75, 3.05) is 18.5 Å². The lowest BCUT2D eigenvalue weighted by molar-refractivity contribution is -0.138. The van der Waals surface area contributed by atoms with Crippen LogP contribution in [0.15, 0.2) is 36.4 Å². The highest BCUT2D eigenvalue weighted by Crippen LogP contribution is 2.17. The largest absolute Gasteiger partial charge is 0.463 e. The third-order valence-electron chi connectivity index (χ3n) is 2.89. The number of esters is 1. The van der Waals surface area contributed by atoms with E-state index in [9.17, 15) is 9.59 Å². The average Bonchev–Trinajstić information content (AvgIpc) is 2.44. The van der Waals surface area contributed by atoms with E-state index in [0.717, 1.165) is 11.3 Å². The Morgan fingerprint density at radius 1 is 1.38 bits per heavy atom. The molecule has 0 aliphatic heterocycles. The molecular weight excluding hydrogens is 268 g/mol. The van der Waals surface area contributed by atoms with Crippen LogP contribution in [0.5, 0.6) is 0 Å². The molecule has 0 bridgehead atoms. The third kappa shape index (κ3) is 5.79. The van der Waals surface area contributed by atoms with Crippen molar-refractivity contribution in [1.82, 2.24) is 5.32 Å². The van der Waals surface area contributed by atoms with Gasteiger partial charge in [-0.3, -0.25) is 4.79 Å². The smallest absolute Gasteiger partial charge is 0.334 e. The van der Waals surface area contributed by atoms with Gasteiger partial charge in [0.1, 0.15) is 0 Å². The van der Waals surface area contributed by atoms with Crippen molar-refractivity contribution in [3.8, 4) is 0 Å². The van der Waals surface area contributed by atoms with Crippen molar-refractivity contribution < 1.29 is 14.3 Å². The van der Waals surface area contributed by atoms with Gasteiger partial charge in [0.2, 0.25) is 5.91 Å². The zero-order valence-corrected chi connectivity index (χ0v) is 12.7. The van der Waals surface area contributed by atoms with Crippen LogP contribution < -0.4 is 10.6 Å². The third-order valence-corrected chi connectivity index (χ3v) is 2.89. The molecule has 5 heteroatoms. The first kappa shape index (κ1) is 16.9. The first-order valence-corrected chi connectivity index (χ1v) is 6.89. The van der Waals surface area contributed by atoms with E-state index in [1.165, 1.54) is 6.92 Å². The molecule has 0 saturated heterocycles. The Hall–Kier alpha value is -2.14. The normalized spacial score (nSPS) is 11.6. The van der Waals surface area contributed by atoms with Gasteiger partial charge in [-0.25, -0.2) is 4.79 Å².